The first-order chi connectivity index (χ1) is 8.56. The molecule has 1 amide bonds. The van der Waals surface area contributed by atoms with Crippen molar-refractivity contribution in [1.29, 1.82) is 0 Å². The molecule has 2 N–H and O–H groups in total. The predicted octanol–water partition coefficient (Wildman–Crippen LogP) is 2.33. The van der Waals surface area contributed by atoms with Gasteiger partial charge in [0.2, 0.25) is 5.91 Å². The van der Waals surface area contributed by atoms with Crippen LogP contribution in [0.25, 0.3) is 0 Å². The van der Waals surface area contributed by atoms with Gasteiger partial charge in [-0.15, -0.1) is 0 Å². The van der Waals surface area contributed by atoms with Crippen LogP contribution in [0.1, 0.15) is 6.92 Å². The summed E-state index contributed by atoms with van der Waals surface area (Å²) in [7, 11) is 3.14. The Labute approximate surface area is 111 Å². The summed E-state index contributed by atoms with van der Waals surface area (Å²) in [4.78, 5) is 10.9. The molecule has 0 atom stereocenters. The number of hydrogen-bond donors (Lipinski definition) is 2. The topological polar surface area (TPSA) is 59.6 Å². The third-order valence-corrected chi connectivity index (χ3v) is 2.59. The molecule has 0 radical (unpaired) electrons. The summed E-state index contributed by atoms with van der Waals surface area (Å²) in [5.74, 6) is -0.156. The minimum atomic E-state index is -0.321. The van der Waals surface area contributed by atoms with Crippen LogP contribution in [0.5, 0.6) is 0 Å². The molecule has 1 aromatic carbocycles. The van der Waals surface area contributed by atoms with E-state index in [4.69, 9.17) is 21.1 Å². The number of carbonyl (C=O) groups excluding carboxylic acids is 1. The first-order valence-corrected chi connectivity index (χ1v) is 5.81. The number of carbonyl (C=O) groups is 1. The minimum absolute atomic E-state index is 0.156. The van der Waals surface area contributed by atoms with Crippen molar-refractivity contribution in [2.75, 3.05) is 31.4 Å². The second-order valence-electron chi connectivity index (χ2n) is 3.66. The number of rotatable bonds is 6. The van der Waals surface area contributed by atoms with E-state index < -0.39 is 0 Å². The fourth-order valence-corrected chi connectivity index (χ4v) is 1.61. The smallest absolute Gasteiger partial charge is 0.221 e. The van der Waals surface area contributed by atoms with E-state index in [0.717, 1.165) is 5.69 Å². The first-order valence-electron chi connectivity index (χ1n) is 5.43. The molecule has 0 fully saturated rings. The SMILES string of the molecule is COC(CNc1ccc(NC(C)=O)c(Cl)c1)OC. The summed E-state index contributed by atoms with van der Waals surface area (Å²) in [5.41, 5.74) is 1.41. The van der Waals surface area contributed by atoms with Crippen molar-refractivity contribution in [1.82, 2.24) is 0 Å². The predicted molar refractivity (Wildman–Crippen MR) is 72.1 cm³/mol. The van der Waals surface area contributed by atoms with Crippen LogP contribution >= 0.6 is 11.6 Å². The monoisotopic (exact) mass is 272 g/mol. The lowest BCUT2D eigenvalue weighted by molar-refractivity contribution is -0.114. The van der Waals surface area contributed by atoms with Gasteiger partial charge in [0.1, 0.15) is 0 Å². The molecule has 5 nitrogen and oxygen atoms in total. The van der Waals surface area contributed by atoms with Gasteiger partial charge in [-0.05, 0) is 18.2 Å². The van der Waals surface area contributed by atoms with Crippen LogP contribution < -0.4 is 10.6 Å². The fourth-order valence-electron chi connectivity index (χ4n) is 1.38. The zero-order valence-corrected chi connectivity index (χ0v) is 11.4. The molecule has 0 saturated heterocycles. The van der Waals surface area contributed by atoms with Gasteiger partial charge in [0.15, 0.2) is 6.29 Å². The number of halogens is 1. The van der Waals surface area contributed by atoms with Gasteiger partial charge >= 0.3 is 0 Å². The van der Waals surface area contributed by atoms with Crippen molar-refractivity contribution >= 4 is 28.9 Å². The van der Waals surface area contributed by atoms with E-state index in [1.165, 1.54) is 6.92 Å². The third kappa shape index (κ3) is 4.52. The highest BCUT2D eigenvalue weighted by atomic mass is 35.5. The number of ether oxygens (including phenoxy) is 2. The van der Waals surface area contributed by atoms with Crippen LogP contribution in [0.2, 0.25) is 5.02 Å². The molecule has 100 valence electrons. The summed E-state index contributed by atoms with van der Waals surface area (Å²) in [6.45, 7) is 1.94. The standard InChI is InChI=1S/C12H17ClN2O3/c1-8(16)15-11-5-4-9(6-10(11)13)14-7-12(17-2)18-3/h4-6,12,14H,7H2,1-3H3,(H,15,16). The average molecular weight is 273 g/mol. The Kier molecular flexibility index (Phi) is 5.91. The Morgan fingerprint density at radius 3 is 2.56 bits per heavy atom. The van der Waals surface area contributed by atoms with Gasteiger partial charge in [-0.3, -0.25) is 4.79 Å². The molecule has 0 unspecified atom stereocenters. The molecule has 0 aliphatic carbocycles. The van der Waals surface area contributed by atoms with E-state index in [0.29, 0.717) is 17.3 Å². The lowest BCUT2D eigenvalue weighted by Crippen LogP contribution is -2.23. The van der Waals surface area contributed by atoms with Crippen LogP contribution in [-0.4, -0.2) is 33.0 Å². The fraction of sp³-hybridized carbons (Fsp3) is 0.417. The molecule has 0 saturated carbocycles. The maximum absolute atomic E-state index is 10.9. The first kappa shape index (κ1) is 14.8. The molecule has 0 bridgehead atoms. The quantitative estimate of drug-likeness (QED) is 0.781. The molecule has 0 aliphatic heterocycles. The Balaban J connectivity index is 2.63. The van der Waals surface area contributed by atoms with E-state index in [9.17, 15) is 4.79 Å². The lowest BCUT2D eigenvalue weighted by Gasteiger charge is -2.15. The van der Waals surface area contributed by atoms with Crippen molar-refractivity contribution < 1.29 is 14.3 Å². The van der Waals surface area contributed by atoms with Crippen molar-refractivity contribution in [3.05, 3.63) is 23.2 Å². The van der Waals surface area contributed by atoms with Gasteiger partial charge in [0, 0.05) is 26.8 Å². The van der Waals surface area contributed by atoms with Crippen LogP contribution in [0.15, 0.2) is 18.2 Å². The van der Waals surface area contributed by atoms with Crippen molar-refractivity contribution in [3.8, 4) is 0 Å². The number of benzene rings is 1. The number of hydrogen-bond acceptors (Lipinski definition) is 4. The van der Waals surface area contributed by atoms with Crippen molar-refractivity contribution in [3.63, 3.8) is 0 Å². The van der Waals surface area contributed by atoms with E-state index in [-0.39, 0.29) is 12.2 Å². The Morgan fingerprint density at radius 2 is 2.06 bits per heavy atom. The maximum atomic E-state index is 10.9. The zero-order chi connectivity index (χ0) is 13.5. The molecule has 0 aliphatic rings. The minimum Gasteiger partial charge on any atom is -0.380 e. The molecular weight excluding hydrogens is 256 g/mol. The van der Waals surface area contributed by atoms with E-state index in [1.54, 1.807) is 26.4 Å². The molecular formula is C12H17ClN2O3. The van der Waals surface area contributed by atoms with E-state index in [2.05, 4.69) is 10.6 Å². The Morgan fingerprint density at radius 1 is 1.39 bits per heavy atom. The normalized spacial score (nSPS) is 10.5. The summed E-state index contributed by atoms with van der Waals surface area (Å²) in [5, 5.41) is 6.23. The molecule has 0 heterocycles. The van der Waals surface area contributed by atoms with Crippen molar-refractivity contribution in [2.24, 2.45) is 0 Å². The van der Waals surface area contributed by atoms with Crippen LogP contribution in [0, 0.1) is 0 Å². The molecule has 1 rings (SSSR count). The van der Waals surface area contributed by atoms with Gasteiger partial charge in [-0.25, -0.2) is 0 Å². The molecule has 0 aromatic heterocycles. The summed E-state index contributed by atoms with van der Waals surface area (Å²) in [6, 6.07) is 5.29. The maximum Gasteiger partial charge on any atom is 0.221 e. The van der Waals surface area contributed by atoms with Gasteiger partial charge in [-0.1, -0.05) is 11.6 Å². The largest absolute Gasteiger partial charge is 0.380 e. The number of anilines is 2. The Bertz CT molecular complexity index is 408. The van der Waals surface area contributed by atoms with Gasteiger partial charge in [-0.2, -0.15) is 0 Å². The molecule has 0 spiro atoms. The van der Waals surface area contributed by atoms with Crippen LogP contribution in [0.3, 0.4) is 0 Å². The zero-order valence-electron chi connectivity index (χ0n) is 10.6. The van der Waals surface area contributed by atoms with Crippen LogP contribution in [0.4, 0.5) is 11.4 Å². The van der Waals surface area contributed by atoms with E-state index in [1.807, 2.05) is 6.07 Å². The second kappa shape index (κ2) is 7.20. The highest BCUT2D eigenvalue weighted by Gasteiger charge is 2.06. The number of methoxy groups -OCH3 is 2. The average Bonchev–Trinajstić information content (AvgIpc) is 2.33. The number of nitrogens with one attached hydrogen (secondary N) is 2. The molecule has 18 heavy (non-hydrogen) atoms. The highest BCUT2D eigenvalue weighted by Crippen LogP contribution is 2.25. The van der Waals surface area contributed by atoms with E-state index >= 15 is 0 Å². The van der Waals surface area contributed by atoms with Crippen LogP contribution in [-0.2, 0) is 14.3 Å². The Hall–Kier alpha value is -1.30. The molecule has 6 heteroatoms. The molecule has 1 aromatic rings. The second-order valence-corrected chi connectivity index (χ2v) is 4.06. The van der Waals surface area contributed by atoms with Crippen molar-refractivity contribution in [2.45, 2.75) is 13.2 Å². The summed E-state index contributed by atoms with van der Waals surface area (Å²) >= 11 is 6.04. The third-order valence-electron chi connectivity index (χ3n) is 2.28. The van der Waals surface area contributed by atoms with Gasteiger partial charge < -0.3 is 20.1 Å². The number of amides is 1. The summed E-state index contributed by atoms with van der Waals surface area (Å²) < 4.78 is 10.1. The lowest BCUT2D eigenvalue weighted by atomic mass is 10.2. The summed E-state index contributed by atoms with van der Waals surface area (Å²) in [6.07, 6.45) is -0.321. The van der Waals surface area contributed by atoms with Gasteiger partial charge in [0.25, 0.3) is 0 Å². The highest BCUT2D eigenvalue weighted by molar-refractivity contribution is 6.34. The van der Waals surface area contributed by atoms with Gasteiger partial charge in [0.05, 0.1) is 17.3 Å².